The predicted molar refractivity (Wildman–Crippen MR) is 97.9 cm³/mol. The number of hydrogen-bond acceptors (Lipinski definition) is 3. The van der Waals surface area contributed by atoms with E-state index in [9.17, 15) is 18.0 Å². The van der Waals surface area contributed by atoms with Crippen LogP contribution in [0.5, 0.6) is 5.75 Å². The summed E-state index contributed by atoms with van der Waals surface area (Å²) in [6.45, 7) is 0.269. The SMILES string of the molecule is COc1cccc(C(CNC(=O)Nc2cccc(C(F)(F)F)c2)N(C)C)c1. The van der Waals surface area contributed by atoms with Crippen molar-refractivity contribution in [2.75, 3.05) is 33.1 Å². The summed E-state index contributed by atoms with van der Waals surface area (Å²) in [5.41, 5.74) is 0.201. The molecule has 0 aliphatic rings. The first-order valence-corrected chi connectivity index (χ1v) is 8.23. The summed E-state index contributed by atoms with van der Waals surface area (Å²) >= 11 is 0. The third-order valence-electron chi connectivity index (χ3n) is 4.01. The minimum absolute atomic E-state index is 0.0742. The summed E-state index contributed by atoms with van der Waals surface area (Å²) in [6, 6.07) is 11.3. The van der Waals surface area contributed by atoms with Crippen molar-refractivity contribution in [1.29, 1.82) is 0 Å². The van der Waals surface area contributed by atoms with Gasteiger partial charge in [0.1, 0.15) is 5.75 Å². The molecule has 2 aromatic carbocycles. The summed E-state index contributed by atoms with van der Waals surface area (Å²) in [7, 11) is 5.32. The Hall–Kier alpha value is -2.74. The van der Waals surface area contributed by atoms with E-state index < -0.39 is 17.8 Å². The van der Waals surface area contributed by atoms with E-state index in [1.807, 2.05) is 43.3 Å². The summed E-state index contributed by atoms with van der Waals surface area (Å²) in [5, 5.41) is 5.12. The Labute approximate surface area is 156 Å². The van der Waals surface area contributed by atoms with Crippen molar-refractivity contribution in [3.63, 3.8) is 0 Å². The lowest BCUT2D eigenvalue weighted by molar-refractivity contribution is -0.137. The summed E-state index contributed by atoms with van der Waals surface area (Å²) < 4.78 is 43.5. The Bertz CT molecular complexity index is 779. The van der Waals surface area contributed by atoms with Gasteiger partial charge in [0, 0.05) is 12.2 Å². The van der Waals surface area contributed by atoms with Crippen molar-refractivity contribution in [1.82, 2.24) is 10.2 Å². The molecule has 2 amide bonds. The molecule has 0 saturated carbocycles. The molecule has 2 N–H and O–H groups in total. The van der Waals surface area contributed by atoms with Crippen LogP contribution in [0.15, 0.2) is 48.5 Å². The molecule has 0 aliphatic carbocycles. The largest absolute Gasteiger partial charge is 0.497 e. The molecule has 0 aromatic heterocycles. The minimum atomic E-state index is -4.46. The number of alkyl halides is 3. The topological polar surface area (TPSA) is 53.6 Å². The zero-order valence-electron chi connectivity index (χ0n) is 15.3. The summed E-state index contributed by atoms with van der Waals surface area (Å²) in [6.07, 6.45) is -4.46. The van der Waals surface area contributed by atoms with Crippen molar-refractivity contribution < 1.29 is 22.7 Å². The lowest BCUT2D eigenvalue weighted by Crippen LogP contribution is -2.36. The van der Waals surface area contributed by atoms with Gasteiger partial charge < -0.3 is 20.3 Å². The molecule has 146 valence electrons. The Morgan fingerprint density at radius 3 is 2.48 bits per heavy atom. The summed E-state index contributed by atoms with van der Waals surface area (Å²) in [5.74, 6) is 0.702. The van der Waals surface area contributed by atoms with E-state index in [1.54, 1.807) is 7.11 Å². The average Bonchev–Trinajstić information content (AvgIpc) is 2.61. The van der Waals surface area contributed by atoms with Gasteiger partial charge in [-0.15, -0.1) is 0 Å². The molecule has 0 aliphatic heterocycles. The van der Waals surface area contributed by atoms with Gasteiger partial charge in [-0.3, -0.25) is 0 Å². The maximum absolute atomic E-state index is 12.8. The fourth-order valence-corrected chi connectivity index (χ4v) is 2.59. The van der Waals surface area contributed by atoms with E-state index in [0.29, 0.717) is 5.75 Å². The number of nitrogens with zero attached hydrogens (tertiary/aromatic N) is 1. The maximum Gasteiger partial charge on any atom is 0.416 e. The molecule has 1 atom stereocenters. The number of anilines is 1. The van der Waals surface area contributed by atoms with Gasteiger partial charge in [0.15, 0.2) is 0 Å². The number of likely N-dealkylation sites (N-methyl/N-ethyl adjacent to an activating group) is 1. The highest BCUT2D eigenvalue weighted by Crippen LogP contribution is 2.30. The predicted octanol–water partition coefficient (Wildman–Crippen LogP) is 4.14. The molecule has 2 rings (SSSR count). The third-order valence-corrected chi connectivity index (χ3v) is 4.01. The van der Waals surface area contributed by atoms with Crippen molar-refractivity contribution in [3.8, 4) is 5.75 Å². The van der Waals surface area contributed by atoms with Gasteiger partial charge in [-0.2, -0.15) is 13.2 Å². The molecule has 5 nitrogen and oxygen atoms in total. The van der Waals surface area contributed by atoms with Crippen molar-refractivity contribution in [2.24, 2.45) is 0 Å². The molecule has 1 unspecified atom stereocenters. The lowest BCUT2D eigenvalue weighted by atomic mass is 10.1. The Morgan fingerprint density at radius 1 is 1.15 bits per heavy atom. The quantitative estimate of drug-likeness (QED) is 0.791. The first-order valence-electron chi connectivity index (χ1n) is 8.23. The second kappa shape index (κ2) is 8.77. The van der Waals surface area contributed by atoms with E-state index in [2.05, 4.69) is 10.6 Å². The van der Waals surface area contributed by atoms with Crippen LogP contribution in [0.25, 0.3) is 0 Å². The smallest absolute Gasteiger partial charge is 0.416 e. The van der Waals surface area contributed by atoms with Crippen LogP contribution in [0.4, 0.5) is 23.7 Å². The Kier molecular flexibility index (Phi) is 6.68. The van der Waals surface area contributed by atoms with Crippen LogP contribution in [-0.4, -0.2) is 38.7 Å². The number of methoxy groups -OCH3 is 1. The highest BCUT2D eigenvalue weighted by Gasteiger charge is 2.30. The molecule has 8 heteroatoms. The molecular formula is C19H22F3N3O2. The molecule has 0 bridgehead atoms. The number of carbonyl (C=O) groups excluding carboxylic acids is 1. The second-order valence-electron chi connectivity index (χ2n) is 6.17. The number of urea groups is 1. The molecule has 27 heavy (non-hydrogen) atoms. The van der Waals surface area contributed by atoms with Gasteiger partial charge in [0.25, 0.3) is 0 Å². The Morgan fingerprint density at radius 2 is 1.85 bits per heavy atom. The molecule has 0 fully saturated rings. The number of rotatable bonds is 6. The molecule has 0 saturated heterocycles. The van der Waals surface area contributed by atoms with Gasteiger partial charge in [-0.1, -0.05) is 18.2 Å². The maximum atomic E-state index is 12.8. The highest BCUT2D eigenvalue weighted by atomic mass is 19.4. The number of halogens is 3. The molecule has 0 spiro atoms. The van der Waals surface area contributed by atoms with E-state index in [1.165, 1.54) is 12.1 Å². The second-order valence-corrected chi connectivity index (χ2v) is 6.17. The van der Waals surface area contributed by atoms with E-state index >= 15 is 0 Å². The van der Waals surface area contributed by atoms with Gasteiger partial charge in [0.2, 0.25) is 0 Å². The monoisotopic (exact) mass is 381 g/mol. The number of amides is 2. The number of nitrogens with one attached hydrogen (secondary N) is 2. The van der Waals surface area contributed by atoms with Crippen LogP contribution in [-0.2, 0) is 6.18 Å². The standard InChI is InChI=1S/C19H22F3N3O2/c1-25(2)17(13-6-4-9-16(10-13)27-3)12-23-18(26)24-15-8-5-7-14(11-15)19(20,21)22/h4-11,17H,12H2,1-3H3,(H2,23,24,26). The third kappa shape index (κ3) is 5.89. The van der Waals surface area contributed by atoms with Crippen LogP contribution in [0.1, 0.15) is 17.2 Å². The van der Waals surface area contributed by atoms with Crippen LogP contribution in [0.2, 0.25) is 0 Å². The van der Waals surface area contributed by atoms with Gasteiger partial charge >= 0.3 is 12.2 Å². The average molecular weight is 381 g/mol. The first-order chi connectivity index (χ1) is 12.7. The first kappa shape index (κ1) is 20.6. The normalized spacial score (nSPS) is 12.6. The molecule has 2 aromatic rings. The van der Waals surface area contributed by atoms with Crippen molar-refractivity contribution in [3.05, 3.63) is 59.7 Å². The molecule has 0 radical (unpaired) electrons. The van der Waals surface area contributed by atoms with Gasteiger partial charge in [0.05, 0.1) is 18.7 Å². The fraction of sp³-hybridized carbons (Fsp3) is 0.316. The van der Waals surface area contributed by atoms with Crippen LogP contribution < -0.4 is 15.4 Å². The number of benzene rings is 2. The zero-order chi connectivity index (χ0) is 20.0. The number of hydrogen-bond donors (Lipinski definition) is 2. The number of carbonyl (C=O) groups is 1. The number of ether oxygens (including phenoxy) is 1. The molecular weight excluding hydrogens is 359 g/mol. The minimum Gasteiger partial charge on any atom is -0.497 e. The van der Waals surface area contributed by atoms with Crippen molar-refractivity contribution >= 4 is 11.7 Å². The van der Waals surface area contributed by atoms with Gasteiger partial charge in [-0.25, -0.2) is 4.79 Å². The van der Waals surface area contributed by atoms with E-state index in [4.69, 9.17) is 4.74 Å². The zero-order valence-corrected chi connectivity index (χ0v) is 15.3. The lowest BCUT2D eigenvalue weighted by Gasteiger charge is -2.25. The van der Waals surface area contributed by atoms with Gasteiger partial charge in [-0.05, 0) is 50.0 Å². The highest BCUT2D eigenvalue weighted by molar-refractivity contribution is 5.89. The van der Waals surface area contributed by atoms with Crippen LogP contribution in [0.3, 0.4) is 0 Å². The van der Waals surface area contributed by atoms with Crippen LogP contribution in [0, 0.1) is 0 Å². The van der Waals surface area contributed by atoms with Crippen molar-refractivity contribution in [2.45, 2.75) is 12.2 Å². The van der Waals surface area contributed by atoms with Crippen LogP contribution >= 0.6 is 0 Å². The Balaban J connectivity index is 2.02. The van der Waals surface area contributed by atoms with E-state index in [-0.39, 0.29) is 18.3 Å². The fourth-order valence-electron chi connectivity index (χ4n) is 2.59. The van der Waals surface area contributed by atoms with E-state index in [0.717, 1.165) is 17.7 Å². The summed E-state index contributed by atoms with van der Waals surface area (Å²) in [4.78, 5) is 14.0. The molecule has 0 heterocycles.